The molecular weight excluding hydrogens is 374 g/mol. The van der Waals surface area contributed by atoms with Crippen LogP contribution in [0.4, 0.5) is 5.00 Å². The van der Waals surface area contributed by atoms with E-state index in [1.54, 1.807) is 31.4 Å². The normalized spacial score (nSPS) is 10.4. The molecule has 1 N–H and O–H groups in total. The molecule has 0 saturated heterocycles. The lowest BCUT2D eigenvalue weighted by atomic mass is 10.0. The van der Waals surface area contributed by atoms with Gasteiger partial charge in [0.25, 0.3) is 5.91 Å². The van der Waals surface area contributed by atoms with Crippen molar-refractivity contribution in [2.45, 2.75) is 13.3 Å². The second-order valence-electron chi connectivity index (χ2n) is 6.08. The molecule has 0 radical (unpaired) electrons. The molecule has 0 fully saturated rings. The van der Waals surface area contributed by atoms with Crippen molar-refractivity contribution < 1.29 is 19.1 Å². The van der Waals surface area contributed by atoms with Crippen molar-refractivity contribution in [3.05, 3.63) is 70.6 Å². The third-order valence-corrected chi connectivity index (χ3v) is 5.31. The minimum absolute atomic E-state index is 0.321. The quantitative estimate of drug-likeness (QED) is 0.595. The number of anilines is 1. The van der Waals surface area contributed by atoms with Gasteiger partial charge in [-0.05, 0) is 35.7 Å². The van der Waals surface area contributed by atoms with Gasteiger partial charge in [-0.1, -0.05) is 37.3 Å². The number of nitrogens with one attached hydrogen (secondary N) is 1. The Balaban J connectivity index is 1.95. The summed E-state index contributed by atoms with van der Waals surface area (Å²) in [7, 11) is 2.87. The van der Waals surface area contributed by atoms with Crippen LogP contribution in [0.25, 0.3) is 11.1 Å². The number of thiophene rings is 1. The summed E-state index contributed by atoms with van der Waals surface area (Å²) in [6.07, 6.45) is 0.940. The van der Waals surface area contributed by atoms with Crippen LogP contribution in [0.1, 0.15) is 33.2 Å². The molecule has 0 atom stereocenters. The Morgan fingerprint density at radius 2 is 1.82 bits per heavy atom. The van der Waals surface area contributed by atoms with Crippen LogP contribution in [0.2, 0.25) is 0 Å². The van der Waals surface area contributed by atoms with E-state index in [1.807, 2.05) is 29.6 Å². The van der Waals surface area contributed by atoms with Gasteiger partial charge in [0.15, 0.2) is 0 Å². The minimum atomic E-state index is -0.489. The fraction of sp³-hybridized carbons (Fsp3) is 0.182. The van der Waals surface area contributed by atoms with Gasteiger partial charge in [-0.25, -0.2) is 4.79 Å². The SMILES string of the molecule is CCc1ccc(-c2csc(NC(=O)c3cccc(OC)c3)c2C(=O)OC)cc1. The molecule has 3 rings (SSSR count). The molecule has 28 heavy (non-hydrogen) atoms. The molecule has 0 saturated carbocycles. The van der Waals surface area contributed by atoms with Gasteiger partial charge in [-0.2, -0.15) is 0 Å². The number of amides is 1. The zero-order valence-electron chi connectivity index (χ0n) is 15.9. The Morgan fingerprint density at radius 1 is 1.07 bits per heavy atom. The van der Waals surface area contributed by atoms with Gasteiger partial charge in [0, 0.05) is 16.5 Å². The van der Waals surface area contributed by atoms with E-state index in [-0.39, 0.29) is 5.91 Å². The number of esters is 1. The van der Waals surface area contributed by atoms with Gasteiger partial charge in [0.1, 0.15) is 16.3 Å². The number of methoxy groups -OCH3 is 2. The first-order valence-corrected chi connectivity index (χ1v) is 9.69. The number of carbonyl (C=O) groups excluding carboxylic acids is 2. The van der Waals surface area contributed by atoms with E-state index in [1.165, 1.54) is 24.0 Å². The Morgan fingerprint density at radius 3 is 2.46 bits per heavy atom. The summed E-state index contributed by atoms with van der Waals surface area (Å²) in [5, 5.41) is 5.14. The predicted octanol–water partition coefficient (Wildman–Crippen LogP) is 5.03. The molecule has 0 unspecified atom stereocenters. The number of carbonyl (C=O) groups is 2. The predicted molar refractivity (Wildman–Crippen MR) is 111 cm³/mol. The molecule has 3 aromatic rings. The first-order chi connectivity index (χ1) is 13.6. The highest BCUT2D eigenvalue weighted by atomic mass is 32.1. The number of hydrogen-bond donors (Lipinski definition) is 1. The van der Waals surface area contributed by atoms with Crippen molar-refractivity contribution in [2.75, 3.05) is 19.5 Å². The summed E-state index contributed by atoms with van der Waals surface area (Å²) in [5.41, 5.74) is 3.65. The van der Waals surface area contributed by atoms with Gasteiger partial charge >= 0.3 is 5.97 Å². The standard InChI is InChI=1S/C22H21NO4S/c1-4-14-8-10-15(11-9-14)18-13-28-21(19(18)22(25)27-3)23-20(24)16-6-5-7-17(12-16)26-2/h5-13H,4H2,1-3H3,(H,23,24). The summed E-state index contributed by atoms with van der Waals surface area (Å²) in [4.78, 5) is 25.1. The third kappa shape index (κ3) is 4.07. The average Bonchev–Trinajstić information content (AvgIpc) is 3.16. The summed E-state index contributed by atoms with van der Waals surface area (Å²) in [6, 6.07) is 14.8. The van der Waals surface area contributed by atoms with Crippen LogP contribution in [0, 0.1) is 0 Å². The van der Waals surface area contributed by atoms with Crippen LogP contribution in [-0.2, 0) is 11.2 Å². The van der Waals surface area contributed by atoms with Gasteiger partial charge in [-0.15, -0.1) is 11.3 Å². The van der Waals surface area contributed by atoms with Crippen molar-refractivity contribution in [2.24, 2.45) is 0 Å². The number of ether oxygens (including phenoxy) is 2. The Labute approximate surface area is 167 Å². The zero-order valence-corrected chi connectivity index (χ0v) is 16.8. The zero-order chi connectivity index (χ0) is 20.1. The summed E-state index contributed by atoms with van der Waals surface area (Å²) in [5.74, 6) is -0.223. The molecular formula is C22H21NO4S. The number of aryl methyl sites for hydroxylation is 1. The van der Waals surface area contributed by atoms with Crippen LogP contribution in [0.3, 0.4) is 0 Å². The summed E-state index contributed by atoms with van der Waals surface area (Å²) < 4.78 is 10.1. The van der Waals surface area contributed by atoms with Crippen LogP contribution in [-0.4, -0.2) is 26.1 Å². The molecule has 0 aliphatic heterocycles. The lowest BCUT2D eigenvalue weighted by molar-refractivity contribution is 0.0603. The molecule has 0 spiro atoms. The first kappa shape index (κ1) is 19.6. The van der Waals surface area contributed by atoms with Crippen LogP contribution >= 0.6 is 11.3 Å². The Kier molecular flexibility index (Phi) is 6.11. The number of rotatable bonds is 6. The number of benzene rings is 2. The molecule has 0 bridgehead atoms. The van der Waals surface area contributed by atoms with Gasteiger partial charge in [0.2, 0.25) is 0 Å². The fourth-order valence-corrected chi connectivity index (χ4v) is 3.78. The largest absolute Gasteiger partial charge is 0.497 e. The van der Waals surface area contributed by atoms with E-state index in [9.17, 15) is 9.59 Å². The van der Waals surface area contributed by atoms with Gasteiger partial charge < -0.3 is 14.8 Å². The van der Waals surface area contributed by atoms with Gasteiger partial charge in [-0.3, -0.25) is 4.79 Å². The van der Waals surface area contributed by atoms with Crippen LogP contribution in [0.15, 0.2) is 53.9 Å². The maximum atomic E-state index is 12.7. The minimum Gasteiger partial charge on any atom is -0.497 e. The molecule has 2 aromatic carbocycles. The van der Waals surface area contributed by atoms with Crippen molar-refractivity contribution >= 4 is 28.2 Å². The molecule has 1 aromatic heterocycles. The maximum absolute atomic E-state index is 12.7. The fourth-order valence-electron chi connectivity index (χ4n) is 2.83. The summed E-state index contributed by atoms with van der Waals surface area (Å²) >= 11 is 1.29. The van der Waals surface area contributed by atoms with E-state index in [0.29, 0.717) is 21.9 Å². The van der Waals surface area contributed by atoms with Crippen molar-refractivity contribution in [3.63, 3.8) is 0 Å². The monoisotopic (exact) mass is 395 g/mol. The van der Waals surface area contributed by atoms with Crippen molar-refractivity contribution in [1.82, 2.24) is 0 Å². The third-order valence-electron chi connectivity index (χ3n) is 4.41. The molecule has 1 amide bonds. The maximum Gasteiger partial charge on any atom is 0.341 e. The Bertz CT molecular complexity index is 992. The highest BCUT2D eigenvalue weighted by molar-refractivity contribution is 7.15. The van der Waals surface area contributed by atoms with E-state index < -0.39 is 5.97 Å². The smallest absolute Gasteiger partial charge is 0.341 e. The van der Waals surface area contributed by atoms with E-state index in [2.05, 4.69) is 12.2 Å². The number of hydrogen-bond acceptors (Lipinski definition) is 5. The van der Waals surface area contributed by atoms with Gasteiger partial charge in [0.05, 0.1) is 14.2 Å². The second-order valence-corrected chi connectivity index (χ2v) is 6.96. The molecule has 1 heterocycles. The summed E-state index contributed by atoms with van der Waals surface area (Å²) in [6.45, 7) is 2.09. The highest BCUT2D eigenvalue weighted by Gasteiger charge is 2.22. The van der Waals surface area contributed by atoms with Crippen LogP contribution < -0.4 is 10.1 Å². The van der Waals surface area contributed by atoms with E-state index in [4.69, 9.17) is 9.47 Å². The molecule has 144 valence electrons. The molecule has 0 aliphatic carbocycles. The van der Waals surface area contributed by atoms with E-state index >= 15 is 0 Å². The van der Waals surface area contributed by atoms with Crippen molar-refractivity contribution in [1.29, 1.82) is 0 Å². The topological polar surface area (TPSA) is 64.6 Å². The van der Waals surface area contributed by atoms with Crippen LogP contribution in [0.5, 0.6) is 5.75 Å². The van der Waals surface area contributed by atoms with E-state index in [0.717, 1.165) is 17.5 Å². The van der Waals surface area contributed by atoms with Crippen molar-refractivity contribution in [3.8, 4) is 16.9 Å². The molecule has 0 aliphatic rings. The first-order valence-electron chi connectivity index (χ1n) is 8.81. The Hall–Kier alpha value is -3.12. The molecule has 5 nitrogen and oxygen atoms in total. The molecule has 6 heteroatoms. The average molecular weight is 395 g/mol. The lowest BCUT2D eigenvalue weighted by Crippen LogP contribution is -2.14. The lowest BCUT2D eigenvalue weighted by Gasteiger charge is -2.09. The highest BCUT2D eigenvalue weighted by Crippen LogP contribution is 2.36. The second kappa shape index (κ2) is 8.71.